The minimum Gasteiger partial charge on any atom is -0.497 e. The number of thiophene rings is 1. The van der Waals surface area contributed by atoms with Crippen LogP contribution in [0, 0.1) is 5.41 Å². The third-order valence-electron chi connectivity index (χ3n) is 6.92. The molecule has 2 aliphatic rings. The Labute approximate surface area is 223 Å². The Kier molecular flexibility index (Phi) is 8.54. The zero-order chi connectivity index (χ0) is 26.6. The smallest absolute Gasteiger partial charge is 0.254 e. The minimum absolute atomic E-state index is 0.0420. The van der Waals surface area contributed by atoms with Gasteiger partial charge in [-0.25, -0.2) is 0 Å². The highest BCUT2D eigenvalue weighted by molar-refractivity contribution is 7.09. The van der Waals surface area contributed by atoms with Crippen molar-refractivity contribution in [1.29, 1.82) is 0 Å². The van der Waals surface area contributed by atoms with E-state index in [0.29, 0.717) is 50.3 Å². The van der Waals surface area contributed by atoms with Gasteiger partial charge in [0.15, 0.2) is 0 Å². The van der Waals surface area contributed by atoms with Crippen molar-refractivity contribution in [3.05, 3.63) is 52.2 Å². The van der Waals surface area contributed by atoms with E-state index in [9.17, 15) is 14.4 Å². The summed E-state index contributed by atoms with van der Waals surface area (Å²) in [7, 11) is 1.56. The van der Waals surface area contributed by atoms with Crippen molar-refractivity contribution < 1.29 is 19.1 Å². The lowest BCUT2D eigenvalue weighted by molar-refractivity contribution is -0.137. The number of carbonyl (C=O) groups excluding carboxylic acids is 3. The third kappa shape index (κ3) is 6.70. The Morgan fingerprint density at radius 1 is 1.14 bits per heavy atom. The second-order valence-corrected chi connectivity index (χ2v) is 12.0. The average molecular weight is 527 g/mol. The van der Waals surface area contributed by atoms with Crippen LogP contribution in [0.1, 0.15) is 48.8 Å². The normalized spacial score (nSPS) is 20.1. The summed E-state index contributed by atoms with van der Waals surface area (Å²) in [5.41, 5.74) is 0.305. The fourth-order valence-corrected chi connectivity index (χ4v) is 5.77. The first-order valence-corrected chi connectivity index (χ1v) is 13.8. The molecule has 8 nitrogen and oxygen atoms in total. The quantitative estimate of drug-likeness (QED) is 0.599. The highest BCUT2D eigenvalue weighted by atomic mass is 32.1. The largest absolute Gasteiger partial charge is 0.497 e. The molecule has 200 valence electrons. The number of methoxy groups -OCH3 is 1. The molecule has 2 aromatic rings. The molecule has 3 amide bonds. The summed E-state index contributed by atoms with van der Waals surface area (Å²) in [4.78, 5) is 47.6. The maximum absolute atomic E-state index is 13.8. The molecule has 0 aliphatic carbocycles. The highest BCUT2D eigenvalue weighted by Gasteiger charge is 2.45. The monoisotopic (exact) mass is 526 g/mol. The number of ether oxygens (including phenoxy) is 1. The van der Waals surface area contributed by atoms with E-state index >= 15 is 0 Å². The van der Waals surface area contributed by atoms with Crippen molar-refractivity contribution in [3.8, 4) is 5.75 Å². The molecule has 9 heteroatoms. The van der Waals surface area contributed by atoms with Gasteiger partial charge in [0.2, 0.25) is 11.8 Å². The Morgan fingerprint density at radius 3 is 2.54 bits per heavy atom. The lowest BCUT2D eigenvalue weighted by Gasteiger charge is -2.32. The molecule has 1 aromatic carbocycles. The van der Waals surface area contributed by atoms with E-state index < -0.39 is 6.04 Å². The summed E-state index contributed by atoms with van der Waals surface area (Å²) in [5.74, 6) is 0.384. The lowest BCUT2D eigenvalue weighted by atomic mass is 9.91. The zero-order valence-electron chi connectivity index (χ0n) is 22.2. The Hall–Kier alpha value is -2.91. The number of benzene rings is 1. The fourth-order valence-electron chi connectivity index (χ4n) is 5.06. The van der Waals surface area contributed by atoms with Gasteiger partial charge < -0.3 is 24.8 Å². The van der Waals surface area contributed by atoms with Gasteiger partial charge in [-0.3, -0.25) is 14.4 Å². The number of piperazine rings is 1. The first-order chi connectivity index (χ1) is 17.7. The number of hydrogen-bond acceptors (Lipinski definition) is 6. The van der Waals surface area contributed by atoms with Crippen LogP contribution in [0.3, 0.4) is 0 Å². The van der Waals surface area contributed by atoms with Gasteiger partial charge in [-0.2, -0.15) is 0 Å². The van der Waals surface area contributed by atoms with Crippen LogP contribution < -0.4 is 10.1 Å². The molecule has 0 radical (unpaired) electrons. The van der Waals surface area contributed by atoms with Crippen LogP contribution in [-0.4, -0.2) is 84.3 Å². The van der Waals surface area contributed by atoms with Gasteiger partial charge in [0.1, 0.15) is 11.8 Å². The van der Waals surface area contributed by atoms with Crippen molar-refractivity contribution in [2.75, 3.05) is 39.8 Å². The van der Waals surface area contributed by atoms with Crippen LogP contribution in [0.5, 0.6) is 5.75 Å². The molecule has 2 fully saturated rings. The molecule has 0 bridgehead atoms. The fraction of sp³-hybridized carbons (Fsp3) is 0.536. The van der Waals surface area contributed by atoms with E-state index in [2.05, 4.69) is 26.1 Å². The lowest BCUT2D eigenvalue weighted by Crippen LogP contribution is -2.53. The van der Waals surface area contributed by atoms with E-state index in [1.807, 2.05) is 27.3 Å². The molecule has 2 atom stereocenters. The molecule has 1 N–H and O–H groups in total. The number of amides is 3. The Morgan fingerprint density at radius 2 is 1.89 bits per heavy atom. The number of rotatable bonds is 7. The molecule has 2 unspecified atom stereocenters. The van der Waals surface area contributed by atoms with E-state index in [1.165, 1.54) is 0 Å². The van der Waals surface area contributed by atoms with E-state index in [1.54, 1.807) is 47.6 Å². The van der Waals surface area contributed by atoms with Crippen LogP contribution in [0.2, 0.25) is 0 Å². The zero-order valence-corrected chi connectivity index (χ0v) is 23.1. The van der Waals surface area contributed by atoms with Crippen LogP contribution >= 0.6 is 11.3 Å². The molecule has 1 aromatic heterocycles. The molecular weight excluding hydrogens is 488 g/mol. The Balaban J connectivity index is 1.64. The number of carbonyl (C=O) groups is 3. The van der Waals surface area contributed by atoms with Gasteiger partial charge in [-0.05, 0) is 41.5 Å². The molecule has 0 saturated carbocycles. The summed E-state index contributed by atoms with van der Waals surface area (Å²) in [6.45, 7) is 9.66. The number of nitrogens with one attached hydrogen (secondary N) is 1. The number of likely N-dealkylation sites (tertiary alicyclic amines) is 1. The van der Waals surface area contributed by atoms with Gasteiger partial charge in [0, 0.05) is 49.6 Å². The van der Waals surface area contributed by atoms with Crippen LogP contribution in [0.25, 0.3) is 0 Å². The van der Waals surface area contributed by atoms with E-state index in [4.69, 9.17) is 4.74 Å². The molecule has 37 heavy (non-hydrogen) atoms. The minimum atomic E-state index is -0.616. The van der Waals surface area contributed by atoms with E-state index in [0.717, 1.165) is 18.0 Å². The Bertz CT molecular complexity index is 1090. The predicted molar refractivity (Wildman–Crippen MR) is 145 cm³/mol. The summed E-state index contributed by atoms with van der Waals surface area (Å²) in [6, 6.07) is 10.2. The molecular formula is C28H38N4O4S. The van der Waals surface area contributed by atoms with Crippen molar-refractivity contribution in [2.24, 2.45) is 5.41 Å². The summed E-state index contributed by atoms with van der Waals surface area (Å²) < 4.78 is 5.33. The summed E-state index contributed by atoms with van der Waals surface area (Å²) in [6.07, 6.45) is 0.828. The van der Waals surface area contributed by atoms with Gasteiger partial charge in [-0.1, -0.05) is 32.9 Å². The third-order valence-corrected chi connectivity index (χ3v) is 7.78. The molecule has 0 spiro atoms. The predicted octanol–water partition coefficient (Wildman–Crippen LogP) is 3.24. The van der Waals surface area contributed by atoms with Crippen molar-refractivity contribution in [3.63, 3.8) is 0 Å². The van der Waals surface area contributed by atoms with Crippen molar-refractivity contribution in [1.82, 2.24) is 20.0 Å². The first-order valence-electron chi connectivity index (χ1n) is 12.9. The second kappa shape index (κ2) is 11.6. The van der Waals surface area contributed by atoms with Gasteiger partial charge >= 0.3 is 0 Å². The SMILES string of the molecule is COc1cccc(C(=O)N2CC(N(Cc3cccs3)C(=O)CC(C)(C)C)CC2C(=O)N2CCNCC2)c1. The van der Waals surface area contributed by atoms with Crippen molar-refractivity contribution >= 4 is 29.1 Å². The van der Waals surface area contributed by atoms with Crippen LogP contribution in [0.15, 0.2) is 41.8 Å². The highest BCUT2D eigenvalue weighted by Crippen LogP contribution is 2.31. The maximum Gasteiger partial charge on any atom is 0.254 e. The first kappa shape index (κ1) is 27.1. The van der Waals surface area contributed by atoms with Crippen molar-refractivity contribution in [2.45, 2.75) is 52.2 Å². The number of nitrogens with zero attached hydrogens (tertiary/aromatic N) is 3. The molecule has 2 saturated heterocycles. The number of hydrogen-bond donors (Lipinski definition) is 1. The topological polar surface area (TPSA) is 82.2 Å². The van der Waals surface area contributed by atoms with Crippen LogP contribution in [0.4, 0.5) is 0 Å². The van der Waals surface area contributed by atoms with E-state index in [-0.39, 0.29) is 29.2 Å². The second-order valence-electron chi connectivity index (χ2n) is 11.0. The average Bonchev–Trinajstić information content (AvgIpc) is 3.56. The summed E-state index contributed by atoms with van der Waals surface area (Å²) in [5, 5.41) is 5.29. The molecule has 4 rings (SSSR count). The molecule has 2 aliphatic heterocycles. The summed E-state index contributed by atoms with van der Waals surface area (Å²) >= 11 is 1.61. The van der Waals surface area contributed by atoms with Gasteiger partial charge in [0.05, 0.1) is 19.7 Å². The molecule has 3 heterocycles. The van der Waals surface area contributed by atoms with Crippen LogP contribution in [-0.2, 0) is 16.1 Å². The van der Waals surface area contributed by atoms with Gasteiger partial charge in [-0.15, -0.1) is 11.3 Å². The maximum atomic E-state index is 13.8. The standard InChI is InChI=1S/C28H38N4O4S/c1-28(2,3)17-25(33)31(19-23-9-6-14-37-23)21-16-24(27(35)30-12-10-29-11-13-30)32(18-21)26(34)20-7-5-8-22(15-20)36-4/h5-9,14-15,21,24,29H,10-13,16-19H2,1-4H3. The van der Waals surface area contributed by atoms with Gasteiger partial charge in [0.25, 0.3) is 5.91 Å².